The maximum atomic E-state index is 13.2. The normalized spacial score (nSPS) is 16.6. The molecule has 4 rings (SSSR count). The lowest BCUT2D eigenvalue weighted by atomic mass is 10.1. The van der Waals surface area contributed by atoms with E-state index in [1.165, 1.54) is 5.56 Å². The molecule has 1 aliphatic rings. The van der Waals surface area contributed by atoms with Crippen molar-refractivity contribution in [3.8, 4) is 11.5 Å². The largest absolute Gasteiger partial charge is 0.463 e. The van der Waals surface area contributed by atoms with Crippen LogP contribution in [-0.4, -0.2) is 22.1 Å². The number of carbonyl (C=O) groups excluding carboxylic acids is 1. The van der Waals surface area contributed by atoms with E-state index in [0.717, 1.165) is 17.8 Å². The molecular weight excluding hydrogens is 290 g/mol. The predicted molar refractivity (Wildman–Crippen MR) is 87.4 cm³/mol. The topological polar surface area (TPSA) is 62.1 Å². The van der Waals surface area contributed by atoms with Crippen LogP contribution >= 0.6 is 0 Å². The summed E-state index contributed by atoms with van der Waals surface area (Å²) in [5, 5.41) is 7.18. The third-order valence-corrected chi connectivity index (χ3v) is 4.34. The summed E-state index contributed by atoms with van der Waals surface area (Å²) in [7, 11) is 0. The average molecular weight is 307 g/mol. The van der Waals surface area contributed by atoms with Crippen molar-refractivity contribution in [1.82, 2.24) is 10.2 Å². The fourth-order valence-corrected chi connectivity index (χ4v) is 3.28. The number of anilines is 1. The van der Waals surface area contributed by atoms with Gasteiger partial charge in [-0.3, -0.25) is 9.89 Å². The first-order valence-corrected chi connectivity index (χ1v) is 7.67. The molecule has 0 bridgehead atoms. The Labute approximate surface area is 133 Å². The quantitative estimate of drug-likeness (QED) is 0.787. The van der Waals surface area contributed by atoms with Crippen LogP contribution in [0.2, 0.25) is 0 Å². The zero-order chi connectivity index (χ0) is 16.0. The fourth-order valence-electron chi connectivity index (χ4n) is 3.28. The number of rotatable bonds is 2. The van der Waals surface area contributed by atoms with Crippen molar-refractivity contribution in [2.24, 2.45) is 0 Å². The van der Waals surface area contributed by atoms with Gasteiger partial charge in [0.25, 0.3) is 5.91 Å². The molecule has 1 aliphatic heterocycles. The number of hydrogen-bond acceptors (Lipinski definition) is 3. The van der Waals surface area contributed by atoms with Crippen molar-refractivity contribution >= 4 is 11.6 Å². The Morgan fingerprint density at radius 2 is 2.13 bits per heavy atom. The highest BCUT2D eigenvalue weighted by Crippen LogP contribution is 2.35. The van der Waals surface area contributed by atoms with E-state index in [1.54, 1.807) is 12.3 Å². The molecule has 1 N–H and O–H groups in total. The maximum absolute atomic E-state index is 13.2. The van der Waals surface area contributed by atoms with E-state index in [-0.39, 0.29) is 11.9 Å². The maximum Gasteiger partial charge on any atom is 0.262 e. The number of carbonyl (C=O) groups is 1. The van der Waals surface area contributed by atoms with Crippen LogP contribution < -0.4 is 4.90 Å². The Morgan fingerprint density at radius 1 is 1.30 bits per heavy atom. The molecule has 1 amide bonds. The van der Waals surface area contributed by atoms with Crippen molar-refractivity contribution in [3.63, 3.8) is 0 Å². The molecule has 23 heavy (non-hydrogen) atoms. The number of aryl methyl sites for hydroxylation is 1. The first kappa shape index (κ1) is 13.8. The number of nitrogens with one attached hydrogen (secondary N) is 1. The molecule has 0 radical (unpaired) electrons. The molecule has 116 valence electrons. The molecule has 3 aromatic rings. The molecule has 0 aliphatic carbocycles. The predicted octanol–water partition coefficient (Wildman–Crippen LogP) is 3.57. The van der Waals surface area contributed by atoms with Crippen LogP contribution in [0.4, 0.5) is 5.69 Å². The second kappa shape index (κ2) is 5.12. The molecule has 1 aromatic carbocycles. The Kier molecular flexibility index (Phi) is 3.08. The minimum atomic E-state index is -0.0416. The lowest BCUT2D eigenvalue weighted by molar-refractivity contribution is 0.0981. The number of amides is 1. The number of fused-ring (bicyclic) bond motifs is 1. The van der Waals surface area contributed by atoms with Gasteiger partial charge in [0.05, 0.1) is 11.8 Å². The zero-order valence-corrected chi connectivity index (χ0v) is 13.0. The van der Waals surface area contributed by atoms with Gasteiger partial charge in [-0.25, -0.2) is 0 Å². The van der Waals surface area contributed by atoms with Gasteiger partial charge >= 0.3 is 0 Å². The summed E-state index contributed by atoms with van der Waals surface area (Å²) in [4.78, 5) is 15.1. The minimum absolute atomic E-state index is 0.0416. The molecule has 0 saturated carbocycles. The standard InChI is InChI=1S/C18H17N3O2/c1-11-10-13-6-3-4-7-14(13)21(11)18(22)16-12(2)19-20-17(16)15-8-5-9-23-15/h3-9,11H,10H2,1-2H3,(H,19,20). The van der Waals surface area contributed by atoms with Gasteiger partial charge in [-0.1, -0.05) is 18.2 Å². The van der Waals surface area contributed by atoms with Crippen LogP contribution in [-0.2, 0) is 6.42 Å². The summed E-state index contributed by atoms with van der Waals surface area (Å²) in [5.74, 6) is 0.554. The highest BCUT2D eigenvalue weighted by Gasteiger charge is 2.34. The Bertz CT molecular complexity index is 864. The van der Waals surface area contributed by atoms with Crippen molar-refractivity contribution in [3.05, 3.63) is 59.5 Å². The van der Waals surface area contributed by atoms with Crippen molar-refractivity contribution in [2.45, 2.75) is 26.3 Å². The Balaban J connectivity index is 1.81. The average Bonchev–Trinajstić information content (AvgIpc) is 3.23. The van der Waals surface area contributed by atoms with Gasteiger partial charge < -0.3 is 9.32 Å². The number of aromatic amines is 1. The number of para-hydroxylation sites is 1. The summed E-state index contributed by atoms with van der Waals surface area (Å²) in [6, 6.07) is 11.8. The lowest BCUT2D eigenvalue weighted by Crippen LogP contribution is -2.36. The van der Waals surface area contributed by atoms with E-state index in [2.05, 4.69) is 23.2 Å². The van der Waals surface area contributed by atoms with E-state index in [4.69, 9.17) is 4.42 Å². The van der Waals surface area contributed by atoms with Gasteiger partial charge in [0.15, 0.2) is 5.76 Å². The van der Waals surface area contributed by atoms with Gasteiger partial charge in [-0.15, -0.1) is 0 Å². The number of aromatic nitrogens is 2. The van der Waals surface area contributed by atoms with Crippen LogP contribution in [0.3, 0.4) is 0 Å². The highest BCUT2D eigenvalue weighted by molar-refractivity contribution is 6.11. The molecule has 3 heterocycles. The van der Waals surface area contributed by atoms with Crippen LogP contribution in [0, 0.1) is 6.92 Å². The van der Waals surface area contributed by atoms with Gasteiger partial charge in [0, 0.05) is 17.4 Å². The number of H-pyrrole nitrogens is 1. The second-order valence-corrected chi connectivity index (χ2v) is 5.91. The molecule has 5 heteroatoms. The monoisotopic (exact) mass is 307 g/mol. The van der Waals surface area contributed by atoms with Crippen molar-refractivity contribution < 1.29 is 9.21 Å². The molecular formula is C18H17N3O2. The van der Waals surface area contributed by atoms with E-state index < -0.39 is 0 Å². The van der Waals surface area contributed by atoms with Crippen molar-refractivity contribution in [1.29, 1.82) is 0 Å². The minimum Gasteiger partial charge on any atom is -0.463 e. The molecule has 5 nitrogen and oxygen atoms in total. The number of hydrogen-bond donors (Lipinski definition) is 1. The Hall–Kier alpha value is -2.82. The smallest absolute Gasteiger partial charge is 0.262 e. The van der Waals surface area contributed by atoms with Gasteiger partial charge in [-0.2, -0.15) is 5.10 Å². The van der Waals surface area contributed by atoms with Gasteiger partial charge in [-0.05, 0) is 44.0 Å². The summed E-state index contributed by atoms with van der Waals surface area (Å²) in [6.45, 7) is 3.93. The van der Waals surface area contributed by atoms with E-state index in [0.29, 0.717) is 17.0 Å². The SMILES string of the molecule is Cc1[nH]nc(-c2ccco2)c1C(=O)N1c2ccccc2CC1C. The fraction of sp³-hybridized carbons (Fsp3) is 0.222. The molecule has 1 unspecified atom stereocenters. The van der Waals surface area contributed by atoms with Gasteiger partial charge in [0.2, 0.25) is 0 Å². The van der Waals surface area contributed by atoms with Crippen LogP contribution in [0.5, 0.6) is 0 Å². The van der Waals surface area contributed by atoms with Crippen LogP contribution in [0.15, 0.2) is 47.1 Å². The third-order valence-electron chi connectivity index (χ3n) is 4.34. The summed E-state index contributed by atoms with van der Waals surface area (Å²) >= 11 is 0. The third kappa shape index (κ3) is 2.08. The van der Waals surface area contributed by atoms with E-state index in [1.807, 2.05) is 36.1 Å². The number of furan rings is 1. The van der Waals surface area contributed by atoms with Crippen LogP contribution in [0.25, 0.3) is 11.5 Å². The van der Waals surface area contributed by atoms with Gasteiger partial charge in [0.1, 0.15) is 5.69 Å². The summed E-state index contributed by atoms with van der Waals surface area (Å²) in [5.41, 5.74) is 4.07. The number of nitrogens with zero attached hydrogens (tertiary/aromatic N) is 2. The lowest BCUT2D eigenvalue weighted by Gasteiger charge is -2.23. The van der Waals surface area contributed by atoms with Crippen molar-refractivity contribution in [2.75, 3.05) is 4.90 Å². The summed E-state index contributed by atoms with van der Waals surface area (Å²) in [6.07, 6.45) is 2.45. The van der Waals surface area contributed by atoms with E-state index in [9.17, 15) is 4.79 Å². The van der Waals surface area contributed by atoms with Crippen LogP contribution in [0.1, 0.15) is 28.5 Å². The first-order valence-electron chi connectivity index (χ1n) is 7.67. The molecule has 0 fully saturated rings. The molecule has 2 aromatic heterocycles. The molecule has 1 atom stereocenters. The Morgan fingerprint density at radius 3 is 2.91 bits per heavy atom. The zero-order valence-electron chi connectivity index (χ0n) is 13.0. The molecule has 0 spiro atoms. The highest BCUT2D eigenvalue weighted by atomic mass is 16.3. The first-order chi connectivity index (χ1) is 11.2. The summed E-state index contributed by atoms with van der Waals surface area (Å²) < 4.78 is 5.43. The van der Waals surface area contributed by atoms with E-state index >= 15 is 0 Å². The molecule has 0 saturated heterocycles. The second-order valence-electron chi connectivity index (χ2n) is 5.91. The number of benzene rings is 1.